The van der Waals surface area contributed by atoms with Gasteiger partial charge in [0.05, 0.1) is 0 Å². The molecule has 0 amide bonds. The molecule has 2 aromatic rings. The Labute approximate surface area is 251 Å². The molecule has 204 valence electrons. The lowest BCUT2D eigenvalue weighted by Gasteiger charge is -2.49. The Morgan fingerprint density at radius 3 is 0.692 bits per heavy atom. The molecule has 0 aromatic heterocycles. The summed E-state index contributed by atoms with van der Waals surface area (Å²) in [4.78, 5) is 0. The van der Waals surface area contributed by atoms with E-state index in [1.54, 1.807) is 8.95 Å². The van der Waals surface area contributed by atoms with Crippen molar-refractivity contribution in [2.45, 2.75) is 156 Å². The maximum atomic E-state index is 4.35. The van der Waals surface area contributed by atoms with Gasteiger partial charge in [0.1, 0.15) is 0 Å². The van der Waals surface area contributed by atoms with Gasteiger partial charge in [-0.1, -0.05) is 31.9 Å². The first-order valence-corrected chi connectivity index (χ1v) is 18.5. The van der Waals surface area contributed by atoms with E-state index in [0.717, 1.165) is 47.3 Å². The molecule has 12 aliphatic carbocycles. The smallest absolute Gasteiger partial charge is 0.0250 e. The summed E-state index contributed by atoms with van der Waals surface area (Å²) >= 11 is 8.71. The van der Waals surface area contributed by atoms with Gasteiger partial charge in [0, 0.05) is 8.95 Å². The second-order valence-electron chi connectivity index (χ2n) is 15.3. The second kappa shape index (κ2) is 8.49. The van der Waals surface area contributed by atoms with Gasteiger partial charge in [0.25, 0.3) is 0 Å². The first-order chi connectivity index (χ1) is 19.2. The number of benzene rings is 2. The van der Waals surface area contributed by atoms with Gasteiger partial charge in [0.15, 0.2) is 0 Å². The van der Waals surface area contributed by atoms with Gasteiger partial charge in [-0.3, -0.25) is 0 Å². The molecule has 2 aromatic carbocycles. The third-order valence-corrected chi connectivity index (χ3v) is 15.6. The van der Waals surface area contributed by atoms with Gasteiger partial charge < -0.3 is 0 Å². The number of fused-ring (bicyclic) bond motifs is 8. The van der Waals surface area contributed by atoms with Gasteiger partial charge >= 0.3 is 0 Å². The van der Waals surface area contributed by atoms with E-state index in [2.05, 4.69) is 31.9 Å². The average Bonchev–Trinajstić information content (AvgIpc) is 3.02. The topological polar surface area (TPSA) is 0 Å². The van der Waals surface area contributed by atoms with Gasteiger partial charge in [0.2, 0.25) is 0 Å². The standard InChI is InChI=1S/C37H42Br2/c38-36-32-22-9-1-18(2-10-22)28(32)26(29-19-3-11-23(12-4-19)33(29)36)17-27-30-20-5-13-24(14-6-20)34(30)37(39)35-25-15-7-21(8-16-25)31(27)35/h18-25H,1-17H2. The molecule has 0 spiro atoms. The molecule has 39 heavy (non-hydrogen) atoms. The molecule has 0 atom stereocenters. The van der Waals surface area contributed by atoms with E-state index >= 15 is 0 Å². The molecule has 14 rings (SSSR count). The van der Waals surface area contributed by atoms with Crippen LogP contribution in [0.15, 0.2) is 8.95 Å². The van der Waals surface area contributed by atoms with Crippen LogP contribution in [0.1, 0.15) is 206 Å². The number of rotatable bonds is 2. The van der Waals surface area contributed by atoms with Crippen LogP contribution in [0.2, 0.25) is 0 Å². The highest BCUT2D eigenvalue weighted by atomic mass is 79.9. The maximum Gasteiger partial charge on any atom is 0.0250 e. The summed E-state index contributed by atoms with van der Waals surface area (Å²) in [6.45, 7) is 0. The van der Waals surface area contributed by atoms with Gasteiger partial charge in [-0.15, -0.1) is 0 Å². The van der Waals surface area contributed by atoms with Crippen LogP contribution >= 0.6 is 31.9 Å². The molecule has 2 heteroatoms. The number of halogens is 2. The Balaban J connectivity index is 1.27. The van der Waals surface area contributed by atoms with Crippen LogP contribution in [0.5, 0.6) is 0 Å². The highest BCUT2D eigenvalue weighted by molar-refractivity contribution is 9.11. The Morgan fingerprint density at radius 2 is 0.487 bits per heavy atom. The van der Waals surface area contributed by atoms with Crippen LogP contribution in [-0.2, 0) is 6.42 Å². The molecule has 0 N–H and O–H groups in total. The summed E-state index contributed by atoms with van der Waals surface area (Å²) in [7, 11) is 0. The Bertz CT molecular complexity index is 1190. The predicted octanol–water partition coefficient (Wildman–Crippen LogP) is 11.8. The van der Waals surface area contributed by atoms with E-state index in [4.69, 9.17) is 0 Å². The minimum atomic E-state index is 0.823. The number of hydrogen-bond acceptors (Lipinski definition) is 0. The fraction of sp³-hybridized carbons (Fsp3) is 0.676. The molecular weight excluding hydrogens is 604 g/mol. The lowest BCUT2D eigenvalue weighted by atomic mass is 9.57. The Kier molecular flexibility index (Phi) is 5.20. The van der Waals surface area contributed by atoms with Crippen molar-refractivity contribution in [3.63, 3.8) is 0 Å². The quantitative estimate of drug-likeness (QED) is 0.305. The van der Waals surface area contributed by atoms with Crippen molar-refractivity contribution in [3.8, 4) is 0 Å². The molecule has 8 bridgehead atoms. The van der Waals surface area contributed by atoms with Crippen molar-refractivity contribution in [1.29, 1.82) is 0 Å². The van der Waals surface area contributed by atoms with Gasteiger partial charge in [-0.05, 0) is 212 Å². The lowest BCUT2D eigenvalue weighted by Crippen LogP contribution is -2.33. The minimum absolute atomic E-state index is 0.823. The first kappa shape index (κ1) is 23.9. The third kappa shape index (κ3) is 3.08. The van der Waals surface area contributed by atoms with Crippen molar-refractivity contribution in [2.75, 3.05) is 0 Å². The largest absolute Gasteiger partial charge is 0.0502 e. The van der Waals surface area contributed by atoms with E-state index in [-0.39, 0.29) is 0 Å². The van der Waals surface area contributed by atoms with E-state index in [0.29, 0.717) is 0 Å². The molecular formula is C37H42Br2. The zero-order valence-corrected chi connectivity index (χ0v) is 26.6. The van der Waals surface area contributed by atoms with Crippen molar-refractivity contribution in [2.24, 2.45) is 0 Å². The molecule has 0 radical (unpaired) electrons. The fourth-order valence-corrected chi connectivity index (χ4v) is 14.6. The second-order valence-corrected chi connectivity index (χ2v) is 16.9. The molecule has 0 unspecified atom stereocenters. The van der Waals surface area contributed by atoms with Crippen LogP contribution in [0, 0.1) is 0 Å². The summed E-state index contributed by atoms with van der Waals surface area (Å²) in [5.74, 6) is 6.61. The zero-order valence-electron chi connectivity index (χ0n) is 23.4. The summed E-state index contributed by atoms with van der Waals surface area (Å²) < 4.78 is 3.22. The Morgan fingerprint density at radius 1 is 0.308 bits per heavy atom. The molecule has 0 aliphatic heterocycles. The fourth-order valence-electron chi connectivity index (χ4n) is 12.4. The van der Waals surface area contributed by atoms with Crippen LogP contribution in [0.3, 0.4) is 0 Å². The van der Waals surface area contributed by atoms with Crippen LogP contribution in [0.25, 0.3) is 0 Å². The van der Waals surface area contributed by atoms with E-state index in [1.165, 1.54) is 109 Å². The van der Waals surface area contributed by atoms with E-state index in [1.807, 2.05) is 55.6 Å². The van der Waals surface area contributed by atoms with E-state index < -0.39 is 0 Å². The summed E-state index contributed by atoms with van der Waals surface area (Å²) in [6.07, 6.45) is 24.5. The molecule has 4 fully saturated rings. The number of hydrogen-bond donors (Lipinski definition) is 0. The zero-order chi connectivity index (χ0) is 25.6. The van der Waals surface area contributed by atoms with Crippen LogP contribution in [-0.4, -0.2) is 0 Å². The van der Waals surface area contributed by atoms with Gasteiger partial charge in [-0.2, -0.15) is 0 Å². The third-order valence-electron chi connectivity index (χ3n) is 13.9. The lowest BCUT2D eigenvalue weighted by molar-refractivity contribution is 0.331. The predicted molar refractivity (Wildman–Crippen MR) is 167 cm³/mol. The first-order valence-electron chi connectivity index (χ1n) is 16.9. The van der Waals surface area contributed by atoms with Crippen LogP contribution in [0.4, 0.5) is 0 Å². The van der Waals surface area contributed by atoms with Gasteiger partial charge in [-0.25, -0.2) is 0 Å². The van der Waals surface area contributed by atoms with Crippen molar-refractivity contribution in [1.82, 2.24) is 0 Å². The van der Waals surface area contributed by atoms with E-state index in [9.17, 15) is 0 Å². The highest BCUT2D eigenvalue weighted by Gasteiger charge is 2.47. The Hall–Kier alpha value is -0.600. The molecule has 4 saturated carbocycles. The molecule has 0 saturated heterocycles. The van der Waals surface area contributed by atoms with Crippen molar-refractivity contribution >= 4 is 31.9 Å². The summed E-state index contributed by atoms with van der Waals surface area (Å²) in [5, 5.41) is 0. The summed E-state index contributed by atoms with van der Waals surface area (Å²) in [5.41, 5.74) is 18.7. The van der Waals surface area contributed by atoms with Crippen LogP contribution < -0.4 is 0 Å². The summed E-state index contributed by atoms with van der Waals surface area (Å²) in [6, 6.07) is 0. The minimum Gasteiger partial charge on any atom is -0.0502 e. The van der Waals surface area contributed by atoms with Crippen molar-refractivity contribution in [3.05, 3.63) is 64.6 Å². The SMILES string of the molecule is Brc1c2c(c(Cc3c4c(c(Br)c5c3C3CCC5CC3)C3CCC4CC3)c3c1C1CCC3CC1)C1CCC2CC1. The molecule has 0 nitrogen and oxygen atoms in total. The monoisotopic (exact) mass is 644 g/mol. The maximum absolute atomic E-state index is 4.35. The molecule has 0 heterocycles. The highest BCUT2D eigenvalue weighted by Crippen LogP contribution is 2.64. The normalized spacial score (nSPS) is 38.0. The average molecular weight is 647 g/mol. The van der Waals surface area contributed by atoms with Crippen molar-refractivity contribution < 1.29 is 0 Å². The molecule has 12 aliphatic rings.